The highest BCUT2D eigenvalue weighted by atomic mass is 16.5. The molecule has 2 nitrogen and oxygen atoms in total. The first-order valence-electron chi connectivity index (χ1n) is 7.73. The molecule has 0 aromatic heterocycles. The maximum Gasteiger partial charge on any atom is 0.308 e. The molecule has 0 amide bonds. The van der Waals surface area contributed by atoms with Crippen LogP contribution in [0.5, 0.6) is 0 Å². The Labute approximate surface area is 119 Å². The third kappa shape index (κ3) is 8.85. The molecule has 0 aliphatic rings. The normalized spacial score (nSPS) is 15.6. The third-order valence-electron chi connectivity index (χ3n) is 3.51. The van der Waals surface area contributed by atoms with Gasteiger partial charge in [0.1, 0.15) is 0 Å². The van der Waals surface area contributed by atoms with Gasteiger partial charge >= 0.3 is 5.97 Å². The van der Waals surface area contributed by atoms with Crippen LogP contribution in [-0.2, 0) is 9.53 Å². The van der Waals surface area contributed by atoms with E-state index in [1.807, 2.05) is 13.8 Å². The fourth-order valence-electron chi connectivity index (χ4n) is 2.76. The van der Waals surface area contributed by atoms with Gasteiger partial charge < -0.3 is 4.74 Å². The van der Waals surface area contributed by atoms with E-state index in [1.54, 1.807) is 0 Å². The molecular weight excluding hydrogens is 236 g/mol. The SMILES string of the molecule is C=C(CC(C)CC(C)CCC)CC(C)C(=O)OCC. The molecule has 0 saturated heterocycles. The van der Waals surface area contributed by atoms with Crippen LogP contribution in [0.2, 0.25) is 0 Å². The molecule has 0 radical (unpaired) electrons. The summed E-state index contributed by atoms with van der Waals surface area (Å²) in [5.74, 6) is 1.28. The van der Waals surface area contributed by atoms with Crippen LogP contribution in [0.25, 0.3) is 0 Å². The van der Waals surface area contributed by atoms with E-state index in [1.165, 1.54) is 24.8 Å². The lowest BCUT2D eigenvalue weighted by Gasteiger charge is -2.19. The third-order valence-corrected chi connectivity index (χ3v) is 3.51. The van der Waals surface area contributed by atoms with E-state index in [-0.39, 0.29) is 11.9 Å². The van der Waals surface area contributed by atoms with E-state index in [9.17, 15) is 4.79 Å². The number of carbonyl (C=O) groups excluding carboxylic acids is 1. The van der Waals surface area contributed by atoms with Crippen molar-refractivity contribution in [2.75, 3.05) is 6.61 Å². The molecule has 112 valence electrons. The van der Waals surface area contributed by atoms with E-state index in [0.29, 0.717) is 12.5 Å². The Hall–Kier alpha value is -0.790. The minimum Gasteiger partial charge on any atom is -0.466 e. The summed E-state index contributed by atoms with van der Waals surface area (Å²) < 4.78 is 5.03. The number of allylic oxidation sites excluding steroid dienone is 1. The Morgan fingerprint density at radius 2 is 1.74 bits per heavy atom. The molecule has 0 aromatic carbocycles. The number of hydrogen-bond donors (Lipinski definition) is 0. The molecule has 0 aliphatic carbocycles. The second-order valence-electron chi connectivity index (χ2n) is 6.05. The van der Waals surface area contributed by atoms with Crippen molar-refractivity contribution in [1.29, 1.82) is 0 Å². The summed E-state index contributed by atoms with van der Waals surface area (Å²) in [6.45, 7) is 15.2. The molecule has 0 N–H and O–H groups in total. The average molecular weight is 268 g/mol. The minimum atomic E-state index is -0.101. The Morgan fingerprint density at radius 3 is 2.26 bits per heavy atom. The zero-order chi connectivity index (χ0) is 14.8. The van der Waals surface area contributed by atoms with Crippen molar-refractivity contribution < 1.29 is 9.53 Å². The number of esters is 1. The van der Waals surface area contributed by atoms with Gasteiger partial charge in [-0.3, -0.25) is 4.79 Å². The summed E-state index contributed by atoms with van der Waals surface area (Å²) in [6, 6.07) is 0. The van der Waals surface area contributed by atoms with Crippen LogP contribution < -0.4 is 0 Å². The molecule has 0 aliphatic heterocycles. The van der Waals surface area contributed by atoms with Gasteiger partial charge in [-0.1, -0.05) is 52.7 Å². The molecule has 0 rings (SSSR count). The molecule has 0 heterocycles. The molecule has 0 saturated carbocycles. The van der Waals surface area contributed by atoms with Crippen LogP contribution in [-0.4, -0.2) is 12.6 Å². The summed E-state index contributed by atoms with van der Waals surface area (Å²) >= 11 is 0. The lowest BCUT2D eigenvalue weighted by Crippen LogP contribution is -2.15. The van der Waals surface area contributed by atoms with Gasteiger partial charge in [-0.15, -0.1) is 0 Å². The smallest absolute Gasteiger partial charge is 0.308 e. The van der Waals surface area contributed by atoms with E-state index in [2.05, 4.69) is 27.4 Å². The largest absolute Gasteiger partial charge is 0.466 e. The van der Waals surface area contributed by atoms with Crippen molar-refractivity contribution in [2.45, 2.75) is 66.7 Å². The molecule has 0 bridgehead atoms. The summed E-state index contributed by atoms with van der Waals surface area (Å²) in [4.78, 5) is 11.6. The number of ether oxygens (including phenoxy) is 1. The monoisotopic (exact) mass is 268 g/mol. The molecular formula is C17H32O2. The second kappa shape index (κ2) is 10.1. The van der Waals surface area contributed by atoms with Crippen LogP contribution >= 0.6 is 0 Å². The van der Waals surface area contributed by atoms with Crippen LogP contribution in [0.3, 0.4) is 0 Å². The van der Waals surface area contributed by atoms with Gasteiger partial charge in [0.25, 0.3) is 0 Å². The van der Waals surface area contributed by atoms with Crippen LogP contribution in [0, 0.1) is 17.8 Å². The Bertz CT molecular complexity index is 270. The summed E-state index contributed by atoms with van der Waals surface area (Å²) in [7, 11) is 0. The maximum atomic E-state index is 11.6. The van der Waals surface area contributed by atoms with Gasteiger partial charge in [-0.25, -0.2) is 0 Å². The molecule has 0 fully saturated rings. The van der Waals surface area contributed by atoms with Gasteiger partial charge in [0, 0.05) is 0 Å². The predicted octanol–water partition coefficient (Wildman–Crippen LogP) is 4.98. The van der Waals surface area contributed by atoms with Gasteiger partial charge in [-0.05, 0) is 38.0 Å². The molecule has 3 unspecified atom stereocenters. The highest BCUT2D eigenvalue weighted by Crippen LogP contribution is 2.24. The topological polar surface area (TPSA) is 26.3 Å². The van der Waals surface area contributed by atoms with Crippen molar-refractivity contribution in [2.24, 2.45) is 17.8 Å². The Balaban J connectivity index is 3.99. The average Bonchev–Trinajstić information content (AvgIpc) is 2.28. The molecule has 19 heavy (non-hydrogen) atoms. The standard InChI is InChI=1S/C17H32O2/c1-7-9-13(3)10-14(4)11-15(5)12-16(6)17(18)19-8-2/h13-14,16H,5,7-12H2,1-4,6H3. The maximum absolute atomic E-state index is 11.6. The van der Waals surface area contributed by atoms with E-state index in [4.69, 9.17) is 4.74 Å². The first-order valence-corrected chi connectivity index (χ1v) is 7.73. The summed E-state index contributed by atoms with van der Waals surface area (Å²) in [5.41, 5.74) is 1.18. The number of hydrogen-bond acceptors (Lipinski definition) is 2. The van der Waals surface area contributed by atoms with E-state index < -0.39 is 0 Å². The van der Waals surface area contributed by atoms with Crippen LogP contribution in [0.4, 0.5) is 0 Å². The van der Waals surface area contributed by atoms with Crippen molar-refractivity contribution in [3.8, 4) is 0 Å². The minimum absolute atomic E-state index is 0.0623. The van der Waals surface area contributed by atoms with Gasteiger partial charge in [-0.2, -0.15) is 0 Å². The van der Waals surface area contributed by atoms with Crippen molar-refractivity contribution >= 4 is 5.97 Å². The van der Waals surface area contributed by atoms with E-state index >= 15 is 0 Å². The highest BCUT2D eigenvalue weighted by molar-refractivity contribution is 5.72. The Morgan fingerprint density at radius 1 is 1.11 bits per heavy atom. The molecule has 0 aromatic rings. The van der Waals surface area contributed by atoms with E-state index in [0.717, 1.165) is 18.8 Å². The number of carbonyl (C=O) groups is 1. The quantitative estimate of drug-likeness (QED) is 0.412. The lowest BCUT2D eigenvalue weighted by atomic mass is 9.87. The first kappa shape index (κ1) is 18.2. The zero-order valence-corrected chi connectivity index (χ0v) is 13.5. The van der Waals surface area contributed by atoms with Gasteiger partial charge in [0.05, 0.1) is 12.5 Å². The van der Waals surface area contributed by atoms with Crippen molar-refractivity contribution in [3.05, 3.63) is 12.2 Å². The molecule has 3 atom stereocenters. The fraction of sp³-hybridized carbons (Fsp3) is 0.824. The summed E-state index contributed by atoms with van der Waals surface area (Å²) in [6.07, 6.45) is 5.59. The first-order chi connectivity index (χ1) is 8.90. The fourth-order valence-corrected chi connectivity index (χ4v) is 2.76. The molecule has 0 spiro atoms. The molecule has 2 heteroatoms. The van der Waals surface area contributed by atoms with Crippen LogP contribution in [0.15, 0.2) is 12.2 Å². The van der Waals surface area contributed by atoms with Gasteiger partial charge in [0.15, 0.2) is 0 Å². The second-order valence-corrected chi connectivity index (χ2v) is 6.05. The van der Waals surface area contributed by atoms with Crippen molar-refractivity contribution in [1.82, 2.24) is 0 Å². The van der Waals surface area contributed by atoms with Crippen molar-refractivity contribution in [3.63, 3.8) is 0 Å². The lowest BCUT2D eigenvalue weighted by molar-refractivity contribution is -0.147. The number of rotatable bonds is 10. The predicted molar refractivity (Wildman–Crippen MR) is 82.0 cm³/mol. The van der Waals surface area contributed by atoms with Gasteiger partial charge in [0.2, 0.25) is 0 Å². The zero-order valence-electron chi connectivity index (χ0n) is 13.5. The Kier molecular flexibility index (Phi) is 9.63. The highest BCUT2D eigenvalue weighted by Gasteiger charge is 2.17. The van der Waals surface area contributed by atoms with Crippen LogP contribution in [0.1, 0.15) is 66.7 Å². The summed E-state index contributed by atoms with van der Waals surface area (Å²) in [5, 5.41) is 0.